The minimum Gasteiger partial charge on any atom is -0.497 e. The lowest BCUT2D eigenvalue weighted by atomic mass is 9.93. The molecule has 0 spiro atoms. The number of amides is 2. The van der Waals surface area contributed by atoms with E-state index in [9.17, 15) is 14.4 Å². The number of methoxy groups -OCH3 is 3. The van der Waals surface area contributed by atoms with E-state index in [4.69, 9.17) is 14.2 Å². The van der Waals surface area contributed by atoms with Crippen molar-refractivity contribution in [1.29, 1.82) is 0 Å². The largest absolute Gasteiger partial charge is 0.497 e. The second-order valence-electron chi connectivity index (χ2n) is 9.57. The molecule has 10 heteroatoms. The molecule has 1 aromatic carbocycles. The third kappa shape index (κ3) is 4.89. The van der Waals surface area contributed by atoms with E-state index in [0.717, 1.165) is 31.2 Å². The van der Waals surface area contributed by atoms with E-state index in [1.54, 1.807) is 38.2 Å². The van der Waals surface area contributed by atoms with E-state index in [1.165, 1.54) is 30.7 Å². The fraction of sp³-hybridized carbons (Fsp3) is 0.538. The van der Waals surface area contributed by atoms with Crippen LogP contribution in [0.15, 0.2) is 24.3 Å². The molecule has 2 amide bonds. The van der Waals surface area contributed by atoms with Crippen LogP contribution >= 0.6 is 0 Å². The Hall–Kier alpha value is -3.56. The highest BCUT2D eigenvalue weighted by atomic mass is 16.5. The maximum absolute atomic E-state index is 13.8. The molecule has 2 heterocycles. The number of fused-ring (bicyclic) bond motifs is 1. The predicted octanol–water partition coefficient (Wildman–Crippen LogP) is 2.94. The van der Waals surface area contributed by atoms with Crippen LogP contribution in [0, 0.1) is 0 Å². The van der Waals surface area contributed by atoms with Gasteiger partial charge in [0.15, 0.2) is 5.69 Å². The molecule has 1 aliphatic heterocycles. The van der Waals surface area contributed by atoms with Crippen molar-refractivity contribution in [3.05, 3.63) is 41.2 Å². The van der Waals surface area contributed by atoms with Gasteiger partial charge in [-0.3, -0.25) is 14.3 Å². The van der Waals surface area contributed by atoms with E-state index >= 15 is 0 Å². The first-order valence-electron chi connectivity index (χ1n) is 12.3. The lowest BCUT2D eigenvalue weighted by molar-refractivity contribution is -0.134. The molecule has 36 heavy (non-hydrogen) atoms. The summed E-state index contributed by atoms with van der Waals surface area (Å²) in [7, 11) is 4.37. The molecule has 0 radical (unpaired) electrons. The summed E-state index contributed by atoms with van der Waals surface area (Å²) in [4.78, 5) is 41.3. The number of carbonyl (C=O) groups is 3. The summed E-state index contributed by atoms with van der Waals surface area (Å²) in [5, 5.41) is 7.49. The standard InChI is InChI=1S/C26H34N4O6/c1-26(25(33)27-18-9-7-5-6-8-10-18)16-30-21(14-20(28-30)24(32)36-4)23(31)29(26)15-17-11-12-19(34-2)13-22(17)35-3/h11-14,18H,5-10,15-16H2,1-4H3,(H,27,33)/t26-/m0/s1. The van der Waals surface area contributed by atoms with Gasteiger partial charge >= 0.3 is 5.97 Å². The van der Waals surface area contributed by atoms with E-state index < -0.39 is 17.4 Å². The van der Waals surface area contributed by atoms with Gasteiger partial charge in [-0.15, -0.1) is 0 Å². The number of ether oxygens (including phenoxy) is 3. The molecular formula is C26H34N4O6. The van der Waals surface area contributed by atoms with Crippen LogP contribution in [-0.4, -0.2) is 65.4 Å². The average Bonchev–Trinajstić information content (AvgIpc) is 3.14. The Kier molecular flexibility index (Phi) is 7.51. The normalized spacial score (nSPS) is 20.3. The molecule has 4 rings (SSSR count). The molecule has 1 saturated carbocycles. The molecule has 2 aromatic rings. The second-order valence-corrected chi connectivity index (χ2v) is 9.57. The Morgan fingerprint density at radius 2 is 1.81 bits per heavy atom. The number of hydrogen-bond acceptors (Lipinski definition) is 7. The van der Waals surface area contributed by atoms with Crippen molar-refractivity contribution < 1.29 is 28.6 Å². The summed E-state index contributed by atoms with van der Waals surface area (Å²) in [5.74, 6) is -0.118. The van der Waals surface area contributed by atoms with Crippen molar-refractivity contribution in [2.45, 2.75) is 70.1 Å². The first kappa shape index (κ1) is 25.5. The fourth-order valence-corrected chi connectivity index (χ4v) is 5.01. The number of nitrogens with zero attached hydrogens (tertiary/aromatic N) is 3. The molecule has 1 aromatic heterocycles. The number of aromatic nitrogens is 2. The van der Waals surface area contributed by atoms with Gasteiger partial charge < -0.3 is 24.4 Å². The summed E-state index contributed by atoms with van der Waals surface area (Å²) >= 11 is 0. The number of hydrogen-bond donors (Lipinski definition) is 1. The highest BCUT2D eigenvalue weighted by Crippen LogP contribution is 2.33. The topological polar surface area (TPSA) is 112 Å². The highest BCUT2D eigenvalue weighted by molar-refractivity contribution is 6.01. The Morgan fingerprint density at radius 3 is 2.44 bits per heavy atom. The molecule has 2 aliphatic rings. The van der Waals surface area contributed by atoms with E-state index in [0.29, 0.717) is 11.5 Å². The SMILES string of the molecule is COC(=O)c1cc2n(n1)C[C@@](C)(C(=O)NC1CCCCCC1)N(Cc1ccc(OC)cc1OC)C2=O. The maximum atomic E-state index is 13.8. The summed E-state index contributed by atoms with van der Waals surface area (Å²) in [6, 6.07) is 6.82. The van der Waals surface area contributed by atoms with Crippen LogP contribution in [-0.2, 0) is 22.6 Å². The van der Waals surface area contributed by atoms with Gasteiger partial charge in [-0.2, -0.15) is 5.10 Å². The monoisotopic (exact) mass is 498 g/mol. The zero-order valence-corrected chi connectivity index (χ0v) is 21.3. The van der Waals surface area contributed by atoms with Crippen molar-refractivity contribution in [2.24, 2.45) is 0 Å². The Bertz CT molecular complexity index is 1140. The molecule has 0 unspecified atom stereocenters. The van der Waals surface area contributed by atoms with Gasteiger partial charge in [0, 0.05) is 23.7 Å². The van der Waals surface area contributed by atoms with Crippen molar-refractivity contribution in [3.8, 4) is 11.5 Å². The third-order valence-corrected chi connectivity index (χ3v) is 7.19. The van der Waals surface area contributed by atoms with Crippen molar-refractivity contribution in [2.75, 3.05) is 21.3 Å². The predicted molar refractivity (Wildman–Crippen MR) is 131 cm³/mol. The summed E-state index contributed by atoms with van der Waals surface area (Å²) < 4.78 is 17.1. The van der Waals surface area contributed by atoms with Gasteiger partial charge in [0.05, 0.1) is 34.4 Å². The second kappa shape index (κ2) is 10.6. The van der Waals surface area contributed by atoms with Gasteiger partial charge in [-0.05, 0) is 31.9 Å². The summed E-state index contributed by atoms with van der Waals surface area (Å²) in [6.45, 7) is 1.97. The zero-order valence-electron chi connectivity index (χ0n) is 21.3. The van der Waals surface area contributed by atoms with E-state index in [1.807, 2.05) is 6.07 Å². The minimum atomic E-state index is -1.25. The first-order chi connectivity index (χ1) is 17.3. The molecule has 1 fully saturated rings. The van der Waals surface area contributed by atoms with Crippen LogP contribution in [0.4, 0.5) is 0 Å². The lowest BCUT2D eigenvalue weighted by Crippen LogP contribution is -2.64. The number of benzene rings is 1. The van der Waals surface area contributed by atoms with E-state index in [2.05, 4.69) is 10.4 Å². The fourth-order valence-electron chi connectivity index (χ4n) is 5.01. The van der Waals surface area contributed by atoms with Crippen LogP contribution in [0.1, 0.15) is 72.0 Å². The first-order valence-corrected chi connectivity index (χ1v) is 12.3. The van der Waals surface area contributed by atoms with Gasteiger partial charge in [0.25, 0.3) is 5.91 Å². The minimum absolute atomic E-state index is 0.0243. The van der Waals surface area contributed by atoms with Crippen LogP contribution in [0.2, 0.25) is 0 Å². The van der Waals surface area contributed by atoms with Crippen molar-refractivity contribution in [1.82, 2.24) is 20.0 Å². The maximum Gasteiger partial charge on any atom is 0.358 e. The van der Waals surface area contributed by atoms with Crippen molar-refractivity contribution >= 4 is 17.8 Å². The zero-order chi connectivity index (χ0) is 25.9. The van der Waals surface area contributed by atoms with Crippen LogP contribution in [0.5, 0.6) is 11.5 Å². The number of rotatable bonds is 7. The van der Waals surface area contributed by atoms with Crippen LogP contribution < -0.4 is 14.8 Å². The molecule has 0 bridgehead atoms. The summed E-state index contributed by atoms with van der Waals surface area (Å²) in [5.41, 5.74) is -0.277. The highest BCUT2D eigenvalue weighted by Gasteiger charge is 2.49. The van der Waals surface area contributed by atoms with Crippen LogP contribution in [0.3, 0.4) is 0 Å². The van der Waals surface area contributed by atoms with Crippen LogP contribution in [0.25, 0.3) is 0 Å². The molecular weight excluding hydrogens is 464 g/mol. The molecule has 194 valence electrons. The number of nitrogens with one attached hydrogen (secondary N) is 1. The molecule has 10 nitrogen and oxygen atoms in total. The third-order valence-electron chi connectivity index (χ3n) is 7.19. The van der Waals surface area contributed by atoms with E-state index in [-0.39, 0.29) is 36.4 Å². The number of carbonyl (C=O) groups excluding carboxylic acids is 3. The lowest BCUT2D eigenvalue weighted by Gasteiger charge is -2.44. The van der Waals surface area contributed by atoms with Gasteiger partial charge in [-0.1, -0.05) is 25.7 Å². The smallest absolute Gasteiger partial charge is 0.358 e. The summed E-state index contributed by atoms with van der Waals surface area (Å²) in [6.07, 6.45) is 6.30. The molecule has 0 saturated heterocycles. The van der Waals surface area contributed by atoms with Gasteiger partial charge in [-0.25, -0.2) is 4.79 Å². The Labute approximate surface area is 210 Å². The quantitative estimate of drug-likeness (QED) is 0.461. The molecule has 1 N–H and O–H groups in total. The molecule has 1 atom stereocenters. The van der Waals surface area contributed by atoms with Gasteiger partial charge in [0.2, 0.25) is 5.91 Å². The van der Waals surface area contributed by atoms with Crippen molar-refractivity contribution in [3.63, 3.8) is 0 Å². The Balaban J connectivity index is 1.71. The average molecular weight is 499 g/mol. The number of esters is 1. The molecule has 1 aliphatic carbocycles. The van der Waals surface area contributed by atoms with Gasteiger partial charge in [0.1, 0.15) is 22.7 Å². The Morgan fingerprint density at radius 1 is 1.08 bits per heavy atom.